The summed E-state index contributed by atoms with van der Waals surface area (Å²) in [4.78, 5) is 38.7. The van der Waals surface area contributed by atoms with Crippen LogP contribution in [0.15, 0.2) is 0 Å². The smallest absolute Gasteiger partial charge is 0.309 e. The summed E-state index contributed by atoms with van der Waals surface area (Å²) in [5.41, 5.74) is 0.669. The van der Waals surface area contributed by atoms with Gasteiger partial charge in [0.15, 0.2) is 0 Å². The Labute approximate surface area is 156 Å². The number of carbonyl (C=O) groups excluding carboxylic acids is 3. The van der Waals surface area contributed by atoms with Crippen LogP contribution in [0.2, 0.25) is 0 Å². The summed E-state index contributed by atoms with van der Waals surface area (Å²) in [5.74, 6) is -0.821. The number of amides is 3. The largest absolute Gasteiger partial charge is 0.348 e. The normalized spacial score (nSPS) is 18.7. The maximum Gasteiger partial charge on any atom is 0.309 e. The highest BCUT2D eigenvalue weighted by Gasteiger charge is 2.27. The number of hydrogen-bond donors (Lipinski definition) is 2. The molecular weight excluding hydrogens is 354 g/mol. The van der Waals surface area contributed by atoms with E-state index in [1.54, 1.807) is 6.92 Å². The third kappa shape index (κ3) is 4.57. The third-order valence-corrected chi connectivity index (χ3v) is 6.01. The van der Waals surface area contributed by atoms with E-state index in [-0.39, 0.29) is 17.9 Å². The lowest BCUT2D eigenvalue weighted by atomic mass is 9.96. The predicted molar refractivity (Wildman–Crippen MR) is 96.7 cm³/mol. The number of nitrogens with zero attached hydrogens (tertiary/aromatic N) is 3. The minimum atomic E-state index is -0.554. The van der Waals surface area contributed by atoms with Gasteiger partial charge in [0.1, 0.15) is 4.88 Å². The number of aromatic nitrogens is 2. The van der Waals surface area contributed by atoms with Crippen LogP contribution in [0, 0.1) is 12.8 Å². The van der Waals surface area contributed by atoms with Gasteiger partial charge in [-0.3, -0.25) is 14.4 Å². The van der Waals surface area contributed by atoms with Crippen LogP contribution in [0.5, 0.6) is 0 Å². The highest BCUT2D eigenvalue weighted by atomic mass is 32.1. The van der Waals surface area contributed by atoms with Crippen molar-refractivity contribution in [1.82, 2.24) is 25.1 Å². The first-order valence-corrected chi connectivity index (χ1v) is 9.99. The van der Waals surface area contributed by atoms with Gasteiger partial charge in [-0.1, -0.05) is 17.3 Å². The maximum absolute atomic E-state index is 12.4. The van der Waals surface area contributed by atoms with Crippen LogP contribution in [0.1, 0.15) is 53.9 Å². The number of hydrogen-bond acceptors (Lipinski definition) is 6. The quantitative estimate of drug-likeness (QED) is 0.756. The molecule has 0 atom stereocenters. The lowest BCUT2D eigenvalue weighted by molar-refractivity contribution is -0.139. The molecule has 0 bridgehead atoms. The van der Waals surface area contributed by atoms with E-state index in [9.17, 15) is 14.4 Å². The SMILES string of the molecule is Cc1nnsc1C(=O)N1CCC(CNC(=O)C(=O)NC2CCCC2)CC1. The van der Waals surface area contributed by atoms with Gasteiger partial charge >= 0.3 is 11.8 Å². The second-order valence-corrected chi connectivity index (χ2v) is 7.84. The molecule has 0 unspecified atom stereocenters. The summed E-state index contributed by atoms with van der Waals surface area (Å²) >= 11 is 1.13. The molecule has 2 fully saturated rings. The molecule has 9 heteroatoms. The monoisotopic (exact) mass is 379 g/mol. The predicted octanol–water partition coefficient (Wildman–Crippen LogP) is 0.874. The highest BCUT2D eigenvalue weighted by molar-refractivity contribution is 7.07. The first-order valence-electron chi connectivity index (χ1n) is 9.21. The minimum Gasteiger partial charge on any atom is -0.348 e. The van der Waals surface area contributed by atoms with Crippen LogP contribution in [-0.2, 0) is 9.59 Å². The van der Waals surface area contributed by atoms with Crippen LogP contribution in [0.4, 0.5) is 0 Å². The maximum atomic E-state index is 12.4. The van der Waals surface area contributed by atoms with Crippen molar-refractivity contribution in [3.8, 4) is 0 Å². The van der Waals surface area contributed by atoms with E-state index in [1.165, 1.54) is 0 Å². The van der Waals surface area contributed by atoms with Crippen molar-refractivity contribution in [3.63, 3.8) is 0 Å². The highest BCUT2D eigenvalue weighted by Crippen LogP contribution is 2.21. The van der Waals surface area contributed by atoms with Gasteiger partial charge in [0.05, 0.1) is 5.69 Å². The van der Waals surface area contributed by atoms with E-state index < -0.39 is 11.8 Å². The van der Waals surface area contributed by atoms with E-state index in [2.05, 4.69) is 20.2 Å². The number of likely N-dealkylation sites (tertiary alicyclic amines) is 1. The van der Waals surface area contributed by atoms with Gasteiger partial charge in [-0.05, 0) is 50.1 Å². The van der Waals surface area contributed by atoms with Crippen molar-refractivity contribution < 1.29 is 14.4 Å². The van der Waals surface area contributed by atoms with Crippen molar-refractivity contribution in [2.45, 2.75) is 51.5 Å². The summed E-state index contributed by atoms with van der Waals surface area (Å²) in [6, 6.07) is 0.146. The molecule has 0 radical (unpaired) electrons. The molecular formula is C17H25N5O3S. The van der Waals surface area contributed by atoms with Crippen molar-refractivity contribution in [1.29, 1.82) is 0 Å². The fraction of sp³-hybridized carbons (Fsp3) is 0.706. The fourth-order valence-corrected chi connectivity index (χ4v) is 4.18. The Morgan fingerprint density at radius 2 is 1.81 bits per heavy atom. The molecule has 2 N–H and O–H groups in total. The Morgan fingerprint density at radius 3 is 2.42 bits per heavy atom. The number of nitrogens with one attached hydrogen (secondary N) is 2. The van der Waals surface area contributed by atoms with Gasteiger partial charge < -0.3 is 15.5 Å². The summed E-state index contributed by atoms with van der Waals surface area (Å²) in [6.45, 7) is 3.55. The standard InChI is InChI=1S/C17H25N5O3S/c1-11-14(26-21-20-11)17(25)22-8-6-12(7-9-22)10-18-15(23)16(24)19-13-4-2-3-5-13/h12-13H,2-10H2,1H3,(H,18,23)(H,19,24). The van der Waals surface area contributed by atoms with Gasteiger partial charge in [-0.15, -0.1) is 5.10 Å². The summed E-state index contributed by atoms with van der Waals surface area (Å²) in [5, 5.41) is 9.41. The Bertz CT molecular complexity index is 663. The van der Waals surface area contributed by atoms with E-state index in [4.69, 9.17) is 0 Å². The Hall–Kier alpha value is -2.03. The van der Waals surface area contributed by atoms with Crippen molar-refractivity contribution in [2.75, 3.05) is 19.6 Å². The van der Waals surface area contributed by atoms with Crippen molar-refractivity contribution >= 4 is 29.3 Å². The second kappa shape index (κ2) is 8.57. The summed E-state index contributed by atoms with van der Waals surface area (Å²) in [6.07, 6.45) is 5.76. The van der Waals surface area contributed by atoms with Gasteiger partial charge in [-0.2, -0.15) is 0 Å². The van der Waals surface area contributed by atoms with E-state index in [1.807, 2.05) is 4.90 Å². The summed E-state index contributed by atoms with van der Waals surface area (Å²) in [7, 11) is 0. The first-order chi connectivity index (χ1) is 12.5. The number of aryl methyl sites for hydroxylation is 1. The third-order valence-electron chi connectivity index (χ3n) is 5.20. The van der Waals surface area contributed by atoms with Gasteiger partial charge in [0, 0.05) is 25.7 Å². The van der Waals surface area contributed by atoms with Crippen LogP contribution >= 0.6 is 11.5 Å². The summed E-state index contributed by atoms with van der Waals surface area (Å²) < 4.78 is 3.81. The zero-order chi connectivity index (χ0) is 18.5. The lowest BCUT2D eigenvalue weighted by Crippen LogP contribution is -2.46. The first kappa shape index (κ1) is 18.8. The molecule has 8 nitrogen and oxygen atoms in total. The average Bonchev–Trinajstić information content (AvgIpc) is 3.31. The van der Waals surface area contributed by atoms with Gasteiger partial charge in [0.25, 0.3) is 5.91 Å². The molecule has 26 heavy (non-hydrogen) atoms. The minimum absolute atomic E-state index is 0.0177. The molecule has 2 aliphatic rings. The van der Waals surface area contributed by atoms with E-state index >= 15 is 0 Å². The average molecular weight is 379 g/mol. The van der Waals surface area contributed by atoms with Crippen molar-refractivity contribution in [3.05, 3.63) is 10.6 Å². The molecule has 1 aromatic heterocycles. The fourth-order valence-electron chi connectivity index (χ4n) is 3.55. The van der Waals surface area contributed by atoms with Crippen LogP contribution in [0.3, 0.4) is 0 Å². The number of carbonyl (C=O) groups is 3. The zero-order valence-electron chi connectivity index (χ0n) is 15.0. The number of rotatable bonds is 4. The second-order valence-electron chi connectivity index (χ2n) is 7.09. The molecule has 3 rings (SSSR count). The lowest BCUT2D eigenvalue weighted by Gasteiger charge is -2.31. The van der Waals surface area contributed by atoms with Crippen LogP contribution in [0.25, 0.3) is 0 Å². The Kier molecular flexibility index (Phi) is 6.18. The molecule has 1 saturated carbocycles. The Balaban J connectivity index is 1.38. The molecule has 1 aliphatic carbocycles. The molecule has 2 heterocycles. The molecule has 3 amide bonds. The Morgan fingerprint density at radius 1 is 1.12 bits per heavy atom. The van der Waals surface area contributed by atoms with E-state index in [0.29, 0.717) is 30.2 Å². The van der Waals surface area contributed by atoms with Gasteiger partial charge in [0.2, 0.25) is 0 Å². The molecule has 0 spiro atoms. The molecule has 1 aliphatic heterocycles. The molecule has 1 saturated heterocycles. The van der Waals surface area contributed by atoms with Crippen LogP contribution in [-0.4, -0.2) is 57.9 Å². The van der Waals surface area contributed by atoms with Gasteiger partial charge in [-0.25, -0.2) is 0 Å². The van der Waals surface area contributed by atoms with E-state index in [0.717, 1.165) is 50.1 Å². The van der Waals surface area contributed by atoms with Crippen molar-refractivity contribution in [2.24, 2.45) is 5.92 Å². The topological polar surface area (TPSA) is 104 Å². The van der Waals surface area contributed by atoms with Crippen LogP contribution < -0.4 is 10.6 Å². The molecule has 1 aromatic rings. The number of piperidine rings is 1. The molecule has 142 valence electrons. The zero-order valence-corrected chi connectivity index (χ0v) is 15.8. The molecule has 0 aromatic carbocycles.